The van der Waals surface area contributed by atoms with Crippen molar-refractivity contribution in [3.63, 3.8) is 0 Å². The van der Waals surface area contributed by atoms with E-state index in [-0.39, 0.29) is 11.2 Å². The molecule has 0 unspecified atom stereocenters. The third-order valence-corrected chi connectivity index (χ3v) is 3.17. The van der Waals surface area contributed by atoms with E-state index in [4.69, 9.17) is 9.47 Å². The molecule has 0 saturated carbocycles. The molecular weight excluding hydrogens is 349 g/mol. The zero-order valence-electron chi connectivity index (χ0n) is 12.9. The van der Waals surface area contributed by atoms with Crippen molar-refractivity contribution in [3.05, 3.63) is 52.4 Å². The van der Waals surface area contributed by atoms with Gasteiger partial charge in [0.25, 0.3) is 0 Å². The lowest BCUT2D eigenvalue weighted by Crippen LogP contribution is -2.14. The minimum Gasteiger partial charge on any atom is -0.436 e. The molecule has 2 aromatic rings. The van der Waals surface area contributed by atoms with Gasteiger partial charge in [-0.15, -0.1) is 0 Å². The van der Waals surface area contributed by atoms with Crippen LogP contribution < -0.4 is 4.74 Å². The standard InChI is InChI=1S/C17H19BrFNO2/c1-17(2,3)11-21-10-13-5-4-6-16(20-13)22-15-8-7-12(18)9-14(15)19/h4-9H,10-11H2,1-3H3. The number of hydrogen-bond acceptors (Lipinski definition) is 3. The van der Waals surface area contributed by atoms with Crippen molar-refractivity contribution >= 4 is 15.9 Å². The number of aromatic nitrogens is 1. The average Bonchev–Trinajstić information content (AvgIpc) is 2.41. The Balaban J connectivity index is 2.02. The highest BCUT2D eigenvalue weighted by molar-refractivity contribution is 9.10. The average molecular weight is 368 g/mol. The Morgan fingerprint density at radius 3 is 2.64 bits per heavy atom. The minimum atomic E-state index is -0.439. The summed E-state index contributed by atoms with van der Waals surface area (Å²) in [6.45, 7) is 7.36. The van der Waals surface area contributed by atoms with Gasteiger partial charge in [0.05, 0.1) is 18.9 Å². The van der Waals surface area contributed by atoms with Crippen LogP contribution in [-0.4, -0.2) is 11.6 Å². The molecule has 1 aromatic heterocycles. The first kappa shape index (κ1) is 16.9. The van der Waals surface area contributed by atoms with Crippen LogP contribution in [-0.2, 0) is 11.3 Å². The van der Waals surface area contributed by atoms with Crippen LogP contribution in [0.2, 0.25) is 0 Å². The predicted molar refractivity (Wildman–Crippen MR) is 87.5 cm³/mol. The number of rotatable bonds is 5. The fourth-order valence-electron chi connectivity index (χ4n) is 1.73. The Morgan fingerprint density at radius 2 is 1.95 bits per heavy atom. The molecule has 1 aromatic carbocycles. The molecule has 2 rings (SSSR count). The highest BCUT2D eigenvalue weighted by atomic mass is 79.9. The molecule has 1 heterocycles. The quantitative estimate of drug-likeness (QED) is 0.714. The fraction of sp³-hybridized carbons (Fsp3) is 0.353. The molecule has 0 atom stereocenters. The minimum absolute atomic E-state index is 0.106. The summed E-state index contributed by atoms with van der Waals surface area (Å²) in [4.78, 5) is 4.33. The van der Waals surface area contributed by atoms with E-state index in [0.29, 0.717) is 23.6 Å². The van der Waals surface area contributed by atoms with Crippen LogP contribution >= 0.6 is 15.9 Å². The highest BCUT2D eigenvalue weighted by Crippen LogP contribution is 2.26. The van der Waals surface area contributed by atoms with Crippen molar-refractivity contribution in [1.82, 2.24) is 4.98 Å². The summed E-state index contributed by atoms with van der Waals surface area (Å²) in [6, 6.07) is 9.99. The first-order chi connectivity index (χ1) is 10.3. The van der Waals surface area contributed by atoms with Gasteiger partial charge in [-0.25, -0.2) is 9.37 Å². The molecule has 0 N–H and O–H groups in total. The Kier molecular flexibility index (Phi) is 5.53. The molecule has 0 spiro atoms. The zero-order chi connectivity index (χ0) is 16.2. The second kappa shape index (κ2) is 7.20. The van der Waals surface area contributed by atoms with E-state index < -0.39 is 5.82 Å². The van der Waals surface area contributed by atoms with Crippen LogP contribution in [0.15, 0.2) is 40.9 Å². The molecule has 0 saturated heterocycles. The first-order valence-corrected chi connectivity index (χ1v) is 7.79. The van der Waals surface area contributed by atoms with E-state index >= 15 is 0 Å². The van der Waals surface area contributed by atoms with Gasteiger partial charge in [-0.1, -0.05) is 42.8 Å². The lowest BCUT2D eigenvalue weighted by Gasteiger charge is -2.17. The Morgan fingerprint density at radius 1 is 1.18 bits per heavy atom. The smallest absolute Gasteiger partial charge is 0.219 e. The van der Waals surface area contributed by atoms with E-state index in [2.05, 4.69) is 41.7 Å². The van der Waals surface area contributed by atoms with Gasteiger partial charge in [-0.3, -0.25) is 0 Å². The van der Waals surface area contributed by atoms with Gasteiger partial charge in [0.15, 0.2) is 11.6 Å². The van der Waals surface area contributed by atoms with E-state index in [1.54, 1.807) is 18.2 Å². The number of hydrogen-bond donors (Lipinski definition) is 0. The molecule has 3 nitrogen and oxygen atoms in total. The van der Waals surface area contributed by atoms with Crippen molar-refractivity contribution in [2.45, 2.75) is 27.4 Å². The van der Waals surface area contributed by atoms with Gasteiger partial charge < -0.3 is 9.47 Å². The molecule has 0 aliphatic carbocycles. The van der Waals surface area contributed by atoms with E-state index in [1.807, 2.05) is 12.1 Å². The number of halogens is 2. The lowest BCUT2D eigenvalue weighted by atomic mass is 9.99. The maximum atomic E-state index is 13.8. The second-order valence-electron chi connectivity index (χ2n) is 6.20. The molecular formula is C17H19BrFNO2. The number of benzene rings is 1. The van der Waals surface area contributed by atoms with Gasteiger partial charge in [0.2, 0.25) is 5.88 Å². The Hall–Kier alpha value is -1.46. The van der Waals surface area contributed by atoms with Gasteiger partial charge in [0, 0.05) is 10.5 Å². The van der Waals surface area contributed by atoms with Gasteiger partial charge in [-0.05, 0) is 29.7 Å². The summed E-state index contributed by atoms with van der Waals surface area (Å²) >= 11 is 3.21. The van der Waals surface area contributed by atoms with Crippen LogP contribution in [0, 0.1) is 11.2 Å². The molecule has 0 fully saturated rings. The van der Waals surface area contributed by atoms with Crippen LogP contribution in [0.4, 0.5) is 4.39 Å². The molecule has 22 heavy (non-hydrogen) atoms. The van der Waals surface area contributed by atoms with Crippen molar-refractivity contribution in [2.24, 2.45) is 5.41 Å². The summed E-state index contributed by atoms with van der Waals surface area (Å²) in [6.07, 6.45) is 0. The number of nitrogens with zero attached hydrogens (tertiary/aromatic N) is 1. The van der Waals surface area contributed by atoms with E-state index in [1.165, 1.54) is 6.07 Å². The predicted octanol–water partition coefficient (Wildman–Crippen LogP) is 5.34. The van der Waals surface area contributed by atoms with Gasteiger partial charge in [0.1, 0.15) is 0 Å². The summed E-state index contributed by atoms with van der Waals surface area (Å²) < 4.78 is 25.5. The Bertz CT molecular complexity index is 641. The summed E-state index contributed by atoms with van der Waals surface area (Å²) in [5.41, 5.74) is 0.855. The normalized spacial score (nSPS) is 11.5. The monoisotopic (exact) mass is 367 g/mol. The molecule has 118 valence electrons. The van der Waals surface area contributed by atoms with Crippen LogP contribution in [0.3, 0.4) is 0 Å². The van der Waals surface area contributed by atoms with E-state index in [9.17, 15) is 4.39 Å². The number of ether oxygens (including phenoxy) is 2. The first-order valence-electron chi connectivity index (χ1n) is 7.00. The lowest BCUT2D eigenvalue weighted by molar-refractivity contribution is 0.0579. The maximum Gasteiger partial charge on any atom is 0.219 e. The largest absolute Gasteiger partial charge is 0.436 e. The fourth-order valence-corrected chi connectivity index (χ4v) is 2.06. The van der Waals surface area contributed by atoms with Crippen LogP contribution in [0.25, 0.3) is 0 Å². The number of pyridine rings is 1. The van der Waals surface area contributed by atoms with Gasteiger partial charge in [-0.2, -0.15) is 0 Å². The SMILES string of the molecule is CC(C)(C)COCc1cccc(Oc2ccc(Br)cc2F)n1. The second-order valence-corrected chi connectivity index (χ2v) is 7.11. The molecule has 0 bridgehead atoms. The molecule has 0 aliphatic rings. The molecule has 0 radical (unpaired) electrons. The third kappa shape index (κ3) is 5.39. The van der Waals surface area contributed by atoms with Crippen molar-refractivity contribution in [2.75, 3.05) is 6.61 Å². The topological polar surface area (TPSA) is 31.4 Å². The Labute approximate surface area is 138 Å². The van der Waals surface area contributed by atoms with Gasteiger partial charge >= 0.3 is 0 Å². The van der Waals surface area contributed by atoms with E-state index in [0.717, 1.165) is 5.69 Å². The summed E-state index contributed by atoms with van der Waals surface area (Å²) in [5, 5.41) is 0. The molecule has 0 amide bonds. The zero-order valence-corrected chi connectivity index (χ0v) is 14.5. The highest BCUT2D eigenvalue weighted by Gasteiger charge is 2.11. The van der Waals surface area contributed by atoms with Crippen molar-refractivity contribution in [1.29, 1.82) is 0 Å². The summed E-state index contributed by atoms with van der Waals surface area (Å²) in [7, 11) is 0. The van der Waals surface area contributed by atoms with Crippen LogP contribution in [0.5, 0.6) is 11.6 Å². The van der Waals surface area contributed by atoms with Crippen molar-refractivity contribution in [3.8, 4) is 11.6 Å². The molecule has 0 aliphatic heterocycles. The third-order valence-electron chi connectivity index (χ3n) is 2.67. The van der Waals surface area contributed by atoms with Crippen LogP contribution in [0.1, 0.15) is 26.5 Å². The summed E-state index contributed by atoms with van der Waals surface area (Å²) in [5.74, 6) is 0.0482. The maximum absolute atomic E-state index is 13.8. The molecule has 5 heteroatoms. The van der Waals surface area contributed by atoms with Crippen molar-refractivity contribution < 1.29 is 13.9 Å².